The number of aryl methyl sites for hydroxylation is 1. The molecule has 5 heteroatoms. The third kappa shape index (κ3) is 1.86. The smallest absolute Gasteiger partial charge is 0.322 e. The molecule has 1 heterocycles. The molecule has 5 nitrogen and oxygen atoms in total. The van der Waals surface area contributed by atoms with E-state index in [-0.39, 0.29) is 6.04 Å². The number of aliphatic carboxylic acids is 1. The van der Waals surface area contributed by atoms with Gasteiger partial charge < -0.3 is 10.8 Å². The summed E-state index contributed by atoms with van der Waals surface area (Å²) >= 11 is 0. The Morgan fingerprint density at radius 3 is 2.77 bits per heavy atom. The van der Waals surface area contributed by atoms with Crippen LogP contribution in [0.4, 0.5) is 0 Å². The zero-order chi connectivity index (χ0) is 10.0. The summed E-state index contributed by atoms with van der Waals surface area (Å²) in [7, 11) is 0. The predicted molar refractivity (Wildman–Crippen MR) is 47.3 cm³/mol. The van der Waals surface area contributed by atoms with Crippen LogP contribution in [0.2, 0.25) is 0 Å². The minimum atomic E-state index is -1.01. The van der Waals surface area contributed by atoms with Crippen LogP contribution < -0.4 is 5.73 Å². The molecule has 0 aromatic carbocycles. The van der Waals surface area contributed by atoms with Crippen molar-refractivity contribution < 1.29 is 9.90 Å². The molecular formula is C8H13N3O2. The largest absolute Gasteiger partial charge is 0.480 e. The maximum Gasteiger partial charge on any atom is 0.322 e. The van der Waals surface area contributed by atoms with Gasteiger partial charge in [0.15, 0.2) is 0 Å². The molecule has 1 aromatic rings. The molecule has 13 heavy (non-hydrogen) atoms. The van der Waals surface area contributed by atoms with Gasteiger partial charge in [-0.3, -0.25) is 9.48 Å². The van der Waals surface area contributed by atoms with Gasteiger partial charge in [0.1, 0.15) is 6.04 Å². The molecule has 0 saturated heterocycles. The molecule has 1 aromatic heterocycles. The quantitative estimate of drug-likeness (QED) is 0.699. The van der Waals surface area contributed by atoms with Gasteiger partial charge in [0, 0.05) is 11.9 Å². The standard InChI is InChI=1S/C8H13N3O2/c1-5-3-4-10-11(5)6(2)7(9)8(12)13/h3-4,6-7H,9H2,1-2H3,(H,12,13). The Labute approximate surface area is 76.2 Å². The van der Waals surface area contributed by atoms with Gasteiger partial charge in [0.25, 0.3) is 0 Å². The first-order chi connectivity index (χ1) is 6.04. The van der Waals surface area contributed by atoms with Crippen molar-refractivity contribution in [2.75, 3.05) is 0 Å². The van der Waals surface area contributed by atoms with Crippen LogP contribution in [0.25, 0.3) is 0 Å². The number of hydrogen-bond donors (Lipinski definition) is 2. The molecule has 1 rings (SSSR count). The zero-order valence-electron chi connectivity index (χ0n) is 7.64. The van der Waals surface area contributed by atoms with E-state index in [4.69, 9.17) is 10.8 Å². The van der Waals surface area contributed by atoms with Gasteiger partial charge >= 0.3 is 5.97 Å². The fourth-order valence-corrected chi connectivity index (χ4v) is 1.17. The lowest BCUT2D eigenvalue weighted by Gasteiger charge is -2.17. The van der Waals surface area contributed by atoms with Gasteiger partial charge in [-0.1, -0.05) is 0 Å². The highest BCUT2D eigenvalue weighted by Crippen LogP contribution is 2.10. The summed E-state index contributed by atoms with van der Waals surface area (Å²) < 4.78 is 1.61. The summed E-state index contributed by atoms with van der Waals surface area (Å²) in [4.78, 5) is 10.6. The number of aromatic nitrogens is 2. The topological polar surface area (TPSA) is 81.1 Å². The van der Waals surface area contributed by atoms with Crippen molar-refractivity contribution in [3.63, 3.8) is 0 Å². The first kappa shape index (κ1) is 9.73. The van der Waals surface area contributed by atoms with Crippen LogP contribution in [0, 0.1) is 6.92 Å². The summed E-state index contributed by atoms with van der Waals surface area (Å²) in [5.41, 5.74) is 6.37. The van der Waals surface area contributed by atoms with Gasteiger partial charge in [-0.15, -0.1) is 0 Å². The van der Waals surface area contributed by atoms with Gasteiger partial charge in [0.05, 0.1) is 6.04 Å². The van der Waals surface area contributed by atoms with Crippen LogP contribution in [0.5, 0.6) is 0 Å². The molecule has 0 bridgehead atoms. The molecule has 0 radical (unpaired) electrons. The molecule has 0 aliphatic rings. The molecular weight excluding hydrogens is 170 g/mol. The van der Waals surface area contributed by atoms with E-state index in [9.17, 15) is 4.79 Å². The summed E-state index contributed by atoms with van der Waals surface area (Å²) in [6.07, 6.45) is 1.63. The van der Waals surface area contributed by atoms with Crippen LogP contribution >= 0.6 is 0 Å². The Hall–Kier alpha value is -1.36. The first-order valence-electron chi connectivity index (χ1n) is 4.02. The third-order valence-electron chi connectivity index (χ3n) is 2.06. The van der Waals surface area contributed by atoms with Crippen LogP contribution in [0.3, 0.4) is 0 Å². The van der Waals surface area contributed by atoms with Crippen LogP contribution in [-0.4, -0.2) is 26.9 Å². The molecule has 2 atom stereocenters. The number of rotatable bonds is 3. The van der Waals surface area contributed by atoms with E-state index in [2.05, 4.69) is 5.10 Å². The van der Waals surface area contributed by atoms with Crippen LogP contribution in [0.1, 0.15) is 18.7 Å². The van der Waals surface area contributed by atoms with E-state index in [0.717, 1.165) is 5.69 Å². The minimum Gasteiger partial charge on any atom is -0.480 e. The number of nitrogens with two attached hydrogens (primary N) is 1. The summed E-state index contributed by atoms with van der Waals surface area (Å²) in [6.45, 7) is 3.59. The fourth-order valence-electron chi connectivity index (χ4n) is 1.17. The Morgan fingerprint density at radius 1 is 1.77 bits per heavy atom. The summed E-state index contributed by atoms with van der Waals surface area (Å²) in [5.74, 6) is -1.01. The third-order valence-corrected chi connectivity index (χ3v) is 2.06. The highest BCUT2D eigenvalue weighted by Gasteiger charge is 2.22. The zero-order valence-corrected chi connectivity index (χ0v) is 7.64. The lowest BCUT2D eigenvalue weighted by atomic mass is 10.1. The normalized spacial score (nSPS) is 15.3. The number of hydrogen-bond acceptors (Lipinski definition) is 3. The fraction of sp³-hybridized carbons (Fsp3) is 0.500. The van der Waals surface area contributed by atoms with E-state index in [0.29, 0.717) is 0 Å². The van der Waals surface area contributed by atoms with Crippen molar-refractivity contribution in [1.29, 1.82) is 0 Å². The molecule has 3 N–H and O–H groups in total. The second-order valence-electron chi connectivity index (χ2n) is 3.02. The van der Waals surface area contributed by atoms with E-state index in [1.165, 1.54) is 0 Å². The average molecular weight is 183 g/mol. The Balaban J connectivity index is 2.85. The van der Waals surface area contributed by atoms with Gasteiger partial charge in [-0.05, 0) is 19.9 Å². The Bertz CT molecular complexity index is 308. The van der Waals surface area contributed by atoms with Crippen molar-refractivity contribution in [1.82, 2.24) is 9.78 Å². The SMILES string of the molecule is Cc1ccnn1C(C)C(N)C(=O)O. The lowest BCUT2D eigenvalue weighted by Crippen LogP contribution is -2.38. The van der Waals surface area contributed by atoms with E-state index >= 15 is 0 Å². The Kier molecular flexibility index (Phi) is 2.67. The number of nitrogens with zero attached hydrogens (tertiary/aromatic N) is 2. The maximum atomic E-state index is 10.6. The lowest BCUT2D eigenvalue weighted by molar-refractivity contribution is -0.139. The minimum absolute atomic E-state index is 0.326. The summed E-state index contributed by atoms with van der Waals surface area (Å²) in [5, 5.41) is 12.7. The van der Waals surface area contributed by atoms with E-state index in [1.54, 1.807) is 17.8 Å². The van der Waals surface area contributed by atoms with Gasteiger partial charge in [-0.25, -0.2) is 0 Å². The molecule has 72 valence electrons. The van der Waals surface area contributed by atoms with Crippen LogP contribution in [0.15, 0.2) is 12.3 Å². The van der Waals surface area contributed by atoms with E-state index in [1.807, 2.05) is 13.0 Å². The number of carbonyl (C=O) groups is 1. The molecule has 0 aliphatic heterocycles. The van der Waals surface area contributed by atoms with Crippen molar-refractivity contribution in [2.24, 2.45) is 5.73 Å². The first-order valence-corrected chi connectivity index (χ1v) is 4.02. The number of carboxylic acids is 1. The van der Waals surface area contributed by atoms with Gasteiger partial charge in [-0.2, -0.15) is 5.10 Å². The molecule has 0 fully saturated rings. The van der Waals surface area contributed by atoms with Crippen molar-refractivity contribution >= 4 is 5.97 Å². The second kappa shape index (κ2) is 3.57. The van der Waals surface area contributed by atoms with Crippen LogP contribution in [-0.2, 0) is 4.79 Å². The number of carboxylic acid groups (broad SMARTS) is 1. The second-order valence-corrected chi connectivity index (χ2v) is 3.02. The maximum absolute atomic E-state index is 10.6. The van der Waals surface area contributed by atoms with E-state index < -0.39 is 12.0 Å². The highest BCUT2D eigenvalue weighted by atomic mass is 16.4. The summed E-state index contributed by atoms with van der Waals surface area (Å²) in [6, 6.07) is 0.566. The monoisotopic (exact) mass is 183 g/mol. The van der Waals surface area contributed by atoms with Crippen molar-refractivity contribution in [3.8, 4) is 0 Å². The molecule has 0 aliphatic carbocycles. The predicted octanol–water partition coefficient (Wildman–Crippen LogP) is 0.164. The average Bonchev–Trinajstić information content (AvgIpc) is 2.48. The molecule has 0 saturated carbocycles. The van der Waals surface area contributed by atoms with Crippen molar-refractivity contribution in [2.45, 2.75) is 25.9 Å². The van der Waals surface area contributed by atoms with Gasteiger partial charge in [0.2, 0.25) is 0 Å². The van der Waals surface area contributed by atoms with Crippen molar-refractivity contribution in [3.05, 3.63) is 18.0 Å². The Morgan fingerprint density at radius 2 is 2.38 bits per heavy atom. The molecule has 0 spiro atoms. The highest BCUT2D eigenvalue weighted by molar-refractivity contribution is 5.73. The molecule has 0 amide bonds. The molecule has 2 unspecified atom stereocenters.